The van der Waals surface area contributed by atoms with Gasteiger partial charge in [-0.1, -0.05) is 97.1 Å². The third-order valence-electron chi connectivity index (χ3n) is 8.82. The van der Waals surface area contributed by atoms with Gasteiger partial charge in [-0.3, -0.25) is 14.4 Å². The van der Waals surface area contributed by atoms with Crippen molar-refractivity contribution in [2.45, 2.75) is 23.0 Å². The number of halogens is 2. The topological polar surface area (TPSA) is 184 Å². The first-order chi connectivity index (χ1) is 31.0. The number of hydrogen-bond acceptors (Lipinski definition) is 11. The highest BCUT2D eigenvalue weighted by molar-refractivity contribution is 7.94. The summed E-state index contributed by atoms with van der Waals surface area (Å²) >= 11 is 0.906. The van der Waals surface area contributed by atoms with E-state index < -0.39 is 43.9 Å². The molecule has 0 saturated carbocycles. The van der Waals surface area contributed by atoms with Crippen LogP contribution in [-0.2, 0) is 32.6 Å². The van der Waals surface area contributed by atoms with Crippen molar-refractivity contribution in [1.29, 1.82) is 0 Å². The average Bonchev–Trinajstić information content (AvgIpc) is 3.31. The van der Waals surface area contributed by atoms with E-state index >= 15 is 0 Å². The molecule has 7 aromatic rings. The Morgan fingerprint density at radius 3 is 1.64 bits per heavy atom. The molecule has 0 radical (unpaired) electrons. The van der Waals surface area contributed by atoms with E-state index in [0.717, 1.165) is 35.3 Å². The van der Waals surface area contributed by atoms with Crippen LogP contribution in [-0.4, -0.2) is 26.1 Å². The molecule has 0 aliphatic rings. The number of hydrogen-bond donors (Lipinski definition) is 4. The Morgan fingerprint density at radius 1 is 0.562 bits per heavy atom. The van der Waals surface area contributed by atoms with Crippen molar-refractivity contribution in [3.05, 3.63) is 215 Å². The molecule has 0 fully saturated rings. The van der Waals surface area contributed by atoms with Gasteiger partial charge in [-0.2, -0.15) is 5.90 Å². The van der Waals surface area contributed by atoms with Crippen molar-refractivity contribution in [3.8, 4) is 11.5 Å². The van der Waals surface area contributed by atoms with Crippen LogP contribution in [0.3, 0.4) is 0 Å². The Balaban J connectivity index is 0.000000223. The molecule has 3 amide bonds. The second-order valence-electron chi connectivity index (χ2n) is 13.3. The summed E-state index contributed by atoms with van der Waals surface area (Å²) in [6.45, 7) is 0.725. The van der Waals surface area contributed by atoms with Gasteiger partial charge in [0.05, 0.1) is 33.9 Å². The Kier molecular flexibility index (Phi) is 16.3. The second kappa shape index (κ2) is 22.6. The predicted octanol–water partition coefficient (Wildman–Crippen LogP) is 9.26. The Labute approximate surface area is 371 Å². The molecule has 0 bridgehead atoms. The van der Waals surface area contributed by atoms with Gasteiger partial charge in [-0.05, 0) is 83.9 Å². The molecular formula is C47H38F2N4O9S2. The van der Waals surface area contributed by atoms with Crippen molar-refractivity contribution in [1.82, 2.24) is 4.72 Å². The van der Waals surface area contributed by atoms with Crippen molar-refractivity contribution < 1.29 is 50.4 Å². The van der Waals surface area contributed by atoms with Gasteiger partial charge in [-0.25, -0.2) is 21.9 Å². The molecule has 0 atom stereocenters. The summed E-state index contributed by atoms with van der Waals surface area (Å²) in [5.74, 6) is 1.61. The normalized spacial score (nSPS) is 10.7. The fraction of sp³-hybridized carbons (Fsp3) is 0.0426. The number of nitrogens with two attached hydrogens (primary N) is 1. The van der Waals surface area contributed by atoms with Gasteiger partial charge in [-0.15, -0.1) is 9.32 Å². The summed E-state index contributed by atoms with van der Waals surface area (Å²) in [5.41, 5.74) is 2.51. The van der Waals surface area contributed by atoms with Crippen LogP contribution in [0.1, 0.15) is 42.2 Å². The van der Waals surface area contributed by atoms with Crippen molar-refractivity contribution in [2.75, 3.05) is 10.6 Å². The van der Waals surface area contributed by atoms with Crippen LogP contribution in [0.5, 0.6) is 11.5 Å². The van der Waals surface area contributed by atoms with E-state index in [1.807, 2.05) is 78.9 Å². The first-order valence-electron chi connectivity index (χ1n) is 19.1. The van der Waals surface area contributed by atoms with Gasteiger partial charge in [0.25, 0.3) is 27.7 Å². The van der Waals surface area contributed by atoms with Crippen LogP contribution in [0, 0.1) is 11.6 Å². The lowest BCUT2D eigenvalue weighted by molar-refractivity contribution is -0.195. The highest BCUT2D eigenvalue weighted by Crippen LogP contribution is 2.29. The Bertz CT molecular complexity index is 2820. The number of rotatable bonds is 16. The highest BCUT2D eigenvalue weighted by Gasteiger charge is 2.25. The summed E-state index contributed by atoms with van der Waals surface area (Å²) in [5, 5.41) is 5.36. The van der Waals surface area contributed by atoms with Gasteiger partial charge in [0, 0.05) is 17.2 Å². The van der Waals surface area contributed by atoms with Gasteiger partial charge in [0.15, 0.2) is 0 Å². The van der Waals surface area contributed by atoms with E-state index in [0.29, 0.717) is 46.9 Å². The number of carbonyl (C=O) groups is 3. The number of carbonyl (C=O) groups excluding carboxylic acids is 3. The van der Waals surface area contributed by atoms with Crippen molar-refractivity contribution in [2.24, 2.45) is 5.90 Å². The Morgan fingerprint density at radius 2 is 1.08 bits per heavy atom. The van der Waals surface area contributed by atoms with Crippen LogP contribution >= 0.6 is 12.0 Å². The molecule has 0 unspecified atom stereocenters. The lowest BCUT2D eigenvalue weighted by atomic mass is 10.2. The molecule has 326 valence electrons. The lowest BCUT2D eigenvalue weighted by Crippen LogP contribution is -2.32. The zero-order valence-corrected chi connectivity index (χ0v) is 35.1. The molecular weight excluding hydrogens is 867 g/mol. The van der Waals surface area contributed by atoms with E-state index in [-0.39, 0.29) is 17.2 Å². The van der Waals surface area contributed by atoms with Crippen molar-refractivity contribution in [3.63, 3.8) is 0 Å². The average molecular weight is 905 g/mol. The molecule has 7 rings (SSSR count). The molecule has 5 N–H and O–H groups in total. The van der Waals surface area contributed by atoms with Gasteiger partial charge < -0.3 is 20.1 Å². The molecule has 0 spiro atoms. The molecule has 13 nitrogen and oxygen atoms in total. The van der Waals surface area contributed by atoms with Crippen LogP contribution in [0.15, 0.2) is 186 Å². The number of benzene rings is 7. The molecule has 17 heteroatoms. The maximum Gasteiger partial charge on any atom is 0.267 e. The number of sulfonamides is 1. The third-order valence-corrected chi connectivity index (χ3v) is 10.9. The maximum atomic E-state index is 13.9. The number of nitrogens with one attached hydrogen (secondary N) is 3. The predicted molar refractivity (Wildman–Crippen MR) is 236 cm³/mol. The minimum atomic E-state index is -4.54. The third kappa shape index (κ3) is 13.3. The van der Waals surface area contributed by atoms with Crippen LogP contribution in [0.4, 0.5) is 20.2 Å². The standard InChI is InChI=1S/C27H20F2N2O5S.C20H18N2O4S/c28-20-13-14-22(23(29)16-20)27(33)31-37(34,35)25-12-5-4-11-24(25)30-26(32)19-9-6-10-21(15-19)36-17-18-7-2-1-3-8-18;21-25-26-27-19-12-5-4-11-18(19)22-20(23)16-9-6-10-17(13-16)24-14-15-7-2-1-3-8-15/h1-16H,17H2,(H,30,32)(H,31,33);1-13H,14,21H2,(H,22,23). The van der Waals surface area contributed by atoms with E-state index in [1.165, 1.54) is 36.4 Å². The Hall–Kier alpha value is -7.41. The first kappa shape index (κ1) is 46.1. The van der Waals surface area contributed by atoms with Crippen LogP contribution in [0.2, 0.25) is 0 Å². The highest BCUT2D eigenvalue weighted by atomic mass is 32.2. The van der Waals surface area contributed by atoms with E-state index in [2.05, 4.69) is 20.0 Å². The van der Waals surface area contributed by atoms with E-state index in [9.17, 15) is 31.6 Å². The molecule has 7 aromatic carbocycles. The smallest absolute Gasteiger partial charge is 0.267 e. The van der Waals surface area contributed by atoms with Crippen molar-refractivity contribution >= 4 is 51.2 Å². The quantitative estimate of drug-likeness (QED) is 0.0412. The molecule has 0 aliphatic carbocycles. The van der Waals surface area contributed by atoms with Crippen LogP contribution < -0.4 is 30.7 Å². The molecule has 0 saturated heterocycles. The summed E-state index contributed by atoms with van der Waals surface area (Å²) in [4.78, 5) is 42.2. The number of amides is 3. The number of para-hydroxylation sites is 2. The summed E-state index contributed by atoms with van der Waals surface area (Å²) < 4.78 is 70.8. The van der Waals surface area contributed by atoms with Crippen LogP contribution in [0.25, 0.3) is 0 Å². The molecule has 0 aromatic heterocycles. The largest absolute Gasteiger partial charge is 0.489 e. The van der Waals surface area contributed by atoms with Gasteiger partial charge in [0.1, 0.15) is 41.2 Å². The SMILES string of the molecule is NOOSc1ccccc1NC(=O)c1cccc(OCc2ccccc2)c1.O=C(Nc1ccccc1S(=O)(=O)NC(=O)c1ccc(F)cc1F)c1cccc(OCc2ccccc2)c1. The summed E-state index contributed by atoms with van der Waals surface area (Å²) in [6.07, 6.45) is 0. The van der Waals surface area contributed by atoms with Gasteiger partial charge >= 0.3 is 0 Å². The van der Waals surface area contributed by atoms with E-state index in [4.69, 9.17) is 15.4 Å². The first-order valence-corrected chi connectivity index (χ1v) is 21.3. The zero-order chi connectivity index (χ0) is 45.3. The minimum absolute atomic E-state index is 0.108. The fourth-order valence-electron chi connectivity index (χ4n) is 5.73. The maximum absolute atomic E-state index is 13.9. The lowest BCUT2D eigenvalue weighted by Gasteiger charge is -2.13. The molecule has 64 heavy (non-hydrogen) atoms. The number of ether oxygens (including phenoxy) is 2. The zero-order valence-electron chi connectivity index (χ0n) is 33.5. The summed E-state index contributed by atoms with van der Waals surface area (Å²) in [6, 6.07) is 47.3. The monoisotopic (exact) mass is 904 g/mol. The van der Waals surface area contributed by atoms with E-state index in [1.54, 1.807) is 47.2 Å². The molecule has 0 heterocycles. The summed E-state index contributed by atoms with van der Waals surface area (Å²) in [7, 11) is -4.54. The number of anilines is 2. The molecule has 0 aliphatic heterocycles. The fourth-order valence-corrected chi connectivity index (χ4v) is 7.32. The van der Waals surface area contributed by atoms with Gasteiger partial charge in [0.2, 0.25) is 0 Å². The minimum Gasteiger partial charge on any atom is -0.489 e. The second-order valence-corrected chi connectivity index (χ2v) is 15.7.